The van der Waals surface area contributed by atoms with Crippen LogP contribution in [0.25, 0.3) is 22.2 Å². The monoisotopic (exact) mass is 439 g/mol. The third-order valence-corrected chi connectivity index (χ3v) is 5.46. The molecule has 0 unspecified atom stereocenters. The zero-order valence-corrected chi connectivity index (χ0v) is 17.7. The van der Waals surface area contributed by atoms with Crippen LogP contribution in [-0.4, -0.2) is 30.0 Å². The molecular formula is C26H21N3O4. The molecular weight excluding hydrogens is 418 g/mol. The highest BCUT2D eigenvalue weighted by atomic mass is 16.6. The smallest absolute Gasteiger partial charge is 0.252 e. The average Bonchev–Trinajstić information content (AvgIpc) is 2.86. The number of nitrogens with zero attached hydrogens (tertiary/aromatic N) is 1. The van der Waals surface area contributed by atoms with E-state index in [1.165, 1.54) is 0 Å². The second-order valence-corrected chi connectivity index (χ2v) is 7.68. The molecule has 4 aromatic rings. The molecule has 0 saturated carbocycles. The average molecular weight is 439 g/mol. The molecule has 1 aliphatic rings. The van der Waals surface area contributed by atoms with Crippen molar-refractivity contribution in [3.8, 4) is 22.8 Å². The van der Waals surface area contributed by atoms with Crippen molar-refractivity contribution in [1.82, 2.24) is 10.3 Å². The van der Waals surface area contributed by atoms with Crippen LogP contribution >= 0.6 is 0 Å². The van der Waals surface area contributed by atoms with E-state index < -0.39 is 5.91 Å². The number of ether oxygens (including phenoxy) is 2. The predicted molar refractivity (Wildman–Crippen MR) is 124 cm³/mol. The molecule has 0 atom stereocenters. The SMILES string of the molecule is NC(=O)c1cccc(CNC(=O)c2cc(-c3ccc4c(c3)OCCO4)nc3ccccc23)c1. The summed E-state index contributed by atoms with van der Waals surface area (Å²) >= 11 is 0. The highest BCUT2D eigenvalue weighted by Gasteiger charge is 2.17. The minimum atomic E-state index is -0.507. The van der Waals surface area contributed by atoms with E-state index in [-0.39, 0.29) is 12.5 Å². The van der Waals surface area contributed by atoms with E-state index >= 15 is 0 Å². The van der Waals surface area contributed by atoms with Crippen molar-refractivity contribution in [3.63, 3.8) is 0 Å². The summed E-state index contributed by atoms with van der Waals surface area (Å²) in [6, 6.07) is 21.8. The number of rotatable bonds is 5. The summed E-state index contributed by atoms with van der Waals surface area (Å²) in [5, 5.41) is 3.69. The fourth-order valence-corrected chi connectivity index (χ4v) is 3.83. The van der Waals surface area contributed by atoms with Crippen LogP contribution in [0.5, 0.6) is 11.5 Å². The van der Waals surface area contributed by atoms with Gasteiger partial charge in [-0.25, -0.2) is 4.98 Å². The molecule has 0 fully saturated rings. The highest BCUT2D eigenvalue weighted by molar-refractivity contribution is 6.07. The van der Waals surface area contributed by atoms with Gasteiger partial charge in [0.2, 0.25) is 5.91 Å². The number of carbonyl (C=O) groups is 2. The van der Waals surface area contributed by atoms with E-state index in [1.807, 2.05) is 48.5 Å². The summed E-state index contributed by atoms with van der Waals surface area (Å²) < 4.78 is 11.3. The van der Waals surface area contributed by atoms with Gasteiger partial charge in [0.15, 0.2) is 11.5 Å². The first-order valence-corrected chi connectivity index (χ1v) is 10.6. The maximum atomic E-state index is 13.2. The Morgan fingerprint density at radius 2 is 1.73 bits per heavy atom. The Balaban J connectivity index is 1.48. The van der Waals surface area contributed by atoms with Crippen LogP contribution in [0.3, 0.4) is 0 Å². The number of hydrogen-bond donors (Lipinski definition) is 2. The normalized spacial score (nSPS) is 12.4. The topological polar surface area (TPSA) is 104 Å². The number of nitrogens with one attached hydrogen (secondary N) is 1. The number of para-hydroxylation sites is 1. The van der Waals surface area contributed by atoms with Gasteiger partial charge in [0.25, 0.3) is 5.91 Å². The lowest BCUT2D eigenvalue weighted by Gasteiger charge is -2.19. The second kappa shape index (κ2) is 8.63. The molecule has 164 valence electrons. The molecule has 2 heterocycles. The summed E-state index contributed by atoms with van der Waals surface area (Å²) in [4.78, 5) is 29.4. The number of benzene rings is 3. The fourth-order valence-electron chi connectivity index (χ4n) is 3.83. The van der Waals surface area contributed by atoms with E-state index in [0.29, 0.717) is 47.1 Å². The molecule has 7 heteroatoms. The molecule has 0 bridgehead atoms. The molecule has 0 aliphatic carbocycles. The minimum Gasteiger partial charge on any atom is -0.486 e. The molecule has 0 spiro atoms. The second-order valence-electron chi connectivity index (χ2n) is 7.68. The van der Waals surface area contributed by atoms with Crippen LogP contribution in [0.2, 0.25) is 0 Å². The summed E-state index contributed by atoms with van der Waals surface area (Å²) in [6.45, 7) is 1.27. The number of aromatic nitrogens is 1. The van der Waals surface area contributed by atoms with Gasteiger partial charge in [0.1, 0.15) is 13.2 Å². The van der Waals surface area contributed by atoms with Crippen LogP contribution < -0.4 is 20.5 Å². The Morgan fingerprint density at radius 1 is 0.909 bits per heavy atom. The Hall–Kier alpha value is -4.39. The van der Waals surface area contributed by atoms with Gasteiger partial charge in [-0.3, -0.25) is 9.59 Å². The Kier molecular flexibility index (Phi) is 5.36. The lowest BCUT2D eigenvalue weighted by atomic mass is 10.0. The maximum absolute atomic E-state index is 13.2. The van der Waals surface area contributed by atoms with Crippen molar-refractivity contribution in [2.75, 3.05) is 13.2 Å². The van der Waals surface area contributed by atoms with Crippen molar-refractivity contribution in [2.24, 2.45) is 5.73 Å². The van der Waals surface area contributed by atoms with E-state index in [1.54, 1.807) is 24.3 Å². The highest BCUT2D eigenvalue weighted by Crippen LogP contribution is 2.35. The number of nitrogens with two attached hydrogens (primary N) is 1. The quantitative estimate of drug-likeness (QED) is 0.494. The van der Waals surface area contributed by atoms with Crippen molar-refractivity contribution in [1.29, 1.82) is 0 Å². The molecule has 0 radical (unpaired) electrons. The first-order chi connectivity index (χ1) is 16.1. The Morgan fingerprint density at radius 3 is 2.58 bits per heavy atom. The van der Waals surface area contributed by atoms with Crippen molar-refractivity contribution < 1.29 is 19.1 Å². The maximum Gasteiger partial charge on any atom is 0.252 e. The van der Waals surface area contributed by atoms with Gasteiger partial charge in [-0.2, -0.15) is 0 Å². The molecule has 7 nitrogen and oxygen atoms in total. The van der Waals surface area contributed by atoms with Crippen molar-refractivity contribution >= 4 is 22.7 Å². The molecule has 1 aliphatic heterocycles. The van der Waals surface area contributed by atoms with Crippen molar-refractivity contribution in [2.45, 2.75) is 6.54 Å². The molecule has 33 heavy (non-hydrogen) atoms. The number of fused-ring (bicyclic) bond motifs is 2. The number of carbonyl (C=O) groups excluding carboxylic acids is 2. The van der Waals surface area contributed by atoms with Crippen LogP contribution in [0.15, 0.2) is 72.8 Å². The Labute approximate surface area is 190 Å². The van der Waals surface area contributed by atoms with Gasteiger partial charge in [-0.05, 0) is 48.0 Å². The molecule has 3 N–H and O–H groups in total. The third-order valence-electron chi connectivity index (χ3n) is 5.46. The number of amides is 2. The standard InChI is InChI=1S/C26H21N3O4/c27-25(30)18-5-3-4-16(12-18)15-28-26(31)20-14-22(29-21-7-2-1-6-19(20)21)17-8-9-23-24(13-17)33-11-10-32-23/h1-9,12-14H,10-11,15H2,(H2,27,30)(H,28,31). The summed E-state index contributed by atoms with van der Waals surface area (Å²) in [5.74, 6) is 0.611. The van der Waals surface area contributed by atoms with Gasteiger partial charge in [0, 0.05) is 23.1 Å². The van der Waals surface area contributed by atoms with Crippen molar-refractivity contribution in [3.05, 3.63) is 89.5 Å². The largest absolute Gasteiger partial charge is 0.486 e. The number of pyridine rings is 1. The molecule has 1 aromatic heterocycles. The summed E-state index contributed by atoms with van der Waals surface area (Å²) in [7, 11) is 0. The Bertz CT molecular complexity index is 1380. The lowest BCUT2D eigenvalue weighted by Crippen LogP contribution is -2.23. The van der Waals surface area contributed by atoms with Gasteiger partial charge in [0.05, 0.1) is 16.8 Å². The molecule has 2 amide bonds. The molecule has 5 rings (SSSR count). The van der Waals surface area contributed by atoms with Crippen LogP contribution in [-0.2, 0) is 6.54 Å². The van der Waals surface area contributed by atoms with Crippen LogP contribution in [0.1, 0.15) is 26.3 Å². The minimum absolute atomic E-state index is 0.239. The fraction of sp³-hybridized carbons (Fsp3) is 0.115. The van der Waals surface area contributed by atoms with Crippen LogP contribution in [0, 0.1) is 0 Å². The molecule has 0 saturated heterocycles. The van der Waals surface area contributed by atoms with Crippen LogP contribution in [0.4, 0.5) is 0 Å². The lowest BCUT2D eigenvalue weighted by molar-refractivity contribution is 0.0952. The first-order valence-electron chi connectivity index (χ1n) is 10.6. The zero-order valence-electron chi connectivity index (χ0n) is 17.7. The van der Waals surface area contributed by atoms with Gasteiger partial charge in [-0.1, -0.05) is 30.3 Å². The number of primary amides is 1. The zero-order chi connectivity index (χ0) is 22.8. The number of hydrogen-bond acceptors (Lipinski definition) is 5. The molecule has 3 aromatic carbocycles. The summed E-state index contributed by atoms with van der Waals surface area (Å²) in [5.41, 5.74) is 9.25. The summed E-state index contributed by atoms with van der Waals surface area (Å²) in [6.07, 6.45) is 0. The first kappa shape index (κ1) is 20.5. The van der Waals surface area contributed by atoms with E-state index in [9.17, 15) is 9.59 Å². The third kappa shape index (κ3) is 4.21. The van der Waals surface area contributed by atoms with Gasteiger partial charge >= 0.3 is 0 Å². The van der Waals surface area contributed by atoms with E-state index in [2.05, 4.69) is 5.32 Å². The van der Waals surface area contributed by atoms with E-state index in [0.717, 1.165) is 16.5 Å². The predicted octanol–water partition coefficient (Wildman–Crippen LogP) is 3.70. The van der Waals surface area contributed by atoms with Gasteiger partial charge in [-0.15, -0.1) is 0 Å². The van der Waals surface area contributed by atoms with Gasteiger partial charge < -0.3 is 20.5 Å². The van der Waals surface area contributed by atoms with E-state index in [4.69, 9.17) is 20.2 Å².